The van der Waals surface area contributed by atoms with E-state index >= 15 is 0 Å². The largest absolute Gasteiger partial charge is 0.508 e. The number of likely N-dealkylation sites (tertiary alicyclic amines) is 1. The first-order valence-electron chi connectivity index (χ1n) is 10.9. The Balaban J connectivity index is 1.42. The third-order valence-corrected chi connectivity index (χ3v) is 6.21. The van der Waals surface area contributed by atoms with Crippen molar-refractivity contribution in [2.75, 3.05) is 13.2 Å². The summed E-state index contributed by atoms with van der Waals surface area (Å²) in [7, 11) is 0. The fourth-order valence-electron chi connectivity index (χ4n) is 4.62. The van der Waals surface area contributed by atoms with Gasteiger partial charge in [0.2, 0.25) is 5.91 Å². The number of carbonyl (C=O) groups is 3. The molecule has 2 amide bonds. The van der Waals surface area contributed by atoms with Gasteiger partial charge in [0.05, 0.1) is 11.6 Å². The van der Waals surface area contributed by atoms with E-state index in [-0.39, 0.29) is 36.6 Å². The quantitative estimate of drug-likeness (QED) is 0.621. The Morgan fingerprint density at radius 3 is 2.91 bits per heavy atom. The summed E-state index contributed by atoms with van der Waals surface area (Å²) in [4.78, 5) is 44.8. The molecule has 2 fully saturated rings. The van der Waals surface area contributed by atoms with Gasteiger partial charge in [-0.3, -0.25) is 19.4 Å². The number of rotatable bonds is 5. The number of aromatic nitrogens is 1. The normalized spacial score (nSPS) is 20.6. The second-order valence-electron chi connectivity index (χ2n) is 8.39. The van der Waals surface area contributed by atoms with E-state index < -0.39 is 18.0 Å². The van der Waals surface area contributed by atoms with Gasteiger partial charge in [-0.05, 0) is 48.4 Å². The number of nitrogens with one attached hydrogen (secondary N) is 1. The number of hydrogen-bond acceptors (Lipinski definition) is 6. The number of pyridine rings is 1. The van der Waals surface area contributed by atoms with Gasteiger partial charge in [0, 0.05) is 30.1 Å². The molecule has 2 saturated heterocycles. The molecular formula is C25H23N3O5. The van der Waals surface area contributed by atoms with Gasteiger partial charge < -0.3 is 20.1 Å². The van der Waals surface area contributed by atoms with Crippen molar-refractivity contribution in [1.29, 1.82) is 0 Å². The molecule has 3 heterocycles. The van der Waals surface area contributed by atoms with Crippen molar-refractivity contribution in [3.63, 3.8) is 0 Å². The number of amides is 2. The zero-order valence-electron chi connectivity index (χ0n) is 17.8. The van der Waals surface area contributed by atoms with Crippen LogP contribution < -0.4 is 5.32 Å². The van der Waals surface area contributed by atoms with Crippen LogP contribution in [-0.2, 0) is 20.7 Å². The van der Waals surface area contributed by atoms with Crippen LogP contribution in [0.1, 0.15) is 22.3 Å². The standard InChI is InChI=1S/C25H23N3O5/c29-18-5-1-3-15(11-18)12-20(25(32)28-10-8-22-23(28)21(30)14-33-22)27-24(31)17-6-7-19-16(13-17)4-2-9-26-19/h1-7,9,11,13,20,22-23,29H,8,10,12,14H2,(H,27,31). The molecular weight excluding hydrogens is 422 g/mol. The summed E-state index contributed by atoms with van der Waals surface area (Å²) < 4.78 is 5.50. The first-order valence-corrected chi connectivity index (χ1v) is 10.9. The second kappa shape index (κ2) is 8.63. The zero-order chi connectivity index (χ0) is 22.9. The highest BCUT2D eigenvalue weighted by molar-refractivity contribution is 6.01. The van der Waals surface area contributed by atoms with Crippen LogP contribution in [0, 0.1) is 0 Å². The summed E-state index contributed by atoms with van der Waals surface area (Å²) in [5, 5.41) is 13.5. The van der Waals surface area contributed by atoms with Gasteiger partial charge in [-0.2, -0.15) is 0 Å². The number of ketones is 1. The predicted octanol–water partition coefficient (Wildman–Crippen LogP) is 1.85. The Bertz CT molecular complexity index is 1240. The molecule has 0 radical (unpaired) electrons. The number of hydrogen-bond donors (Lipinski definition) is 2. The first kappa shape index (κ1) is 21.1. The second-order valence-corrected chi connectivity index (χ2v) is 8.39. The Kier molecular flexibility index (Phi) is 5.51. The monoisotopic (exact) mass is 445 g/mol. The number of ether oxygens (including phenoxy) is 1. The molecule has 33 heavy (non-hydrogen) atoms. The highest BCUT2D eigenvalue weighted by Gasteiger charge is 2.48. The number of phenolic OH excluding ortho intramolecular Hbond substituents is 1. The maximum Gasteiger partial charge on any atom is 0.251 e. The van der Waals surface area contributed by atoms with Crippen molar-refractivity contribution in [1.82, 2.24) is 15.2 Å². The highest BCUT2D eigenvalue weighted by Crippen LogP contribution is 2.28. The number of fused-ring (bicyclic) bond motifs is 2. The third kappa shape index (κ3) is 4.17. The van der Waals surface area contributed by atoms with Crippen LogP contribution in [0.15, 0.2) is 60.8 Å². The molecule has 2 N–H and O–H groups in total. The summed E-state index contributed by atoms with van der Waals surface area (Å²) in [5.74, 6) is -0.771. The lowest BCUT2D eigenvalue weighted by Crippen LogP contribution is -2.53. The summed E-state index contributed by atoms with van der Waals surface area (Å²) >= 11 is 0. The highest BCUT2D eigenvalue weighted by atomic mass is 16.5. The number of benzene rings is 2. The molecule has 0 aliphatic carbocycles. The van der Waals surface area contributed by atoms with E-state index in [1.54, 1.807) is 54.7 Å². The summed E-state index contributed by atoms with van der Waals surface area (Å²) in [6, 6.07) is 13.9. The maximum absolute atomic E-state index is 13.5. The molecule has 168 valence electrons. The fraction of sp³-hybridized carbons (Fsp3) is 0.280. The number of phenols is 1. The topological polar surface area (TPSA) is 109 Å². The van der Waals surface area contributed by atoms with E-state index in [2.05, 4.69) is 10.3 Å². The van der Waals surface area contributed by atoms with Gasteiger partial charge >= 0.3 is 0 Å². The average Bonchev–Trinajstić information content (AvgIpc) is 3.41. The van der Waals surface area contributed by atoms with Crippen molar-refractivity contribution in [2.24, 2.45) is 0 Å². The smallest absolute Gasteiger partial charge is 0.251 e. The lowest BCUT2D eigenvalue weighted by atomic mass is 10.0. The summed E-state index contributed by atoms with van der Waals surface area (Å²) in [6.45, 7) is 0.405. The Hall–Kier alpha value is -3.78. The Morgan fingerprint density at radius 2 is 2.06 bits per heavy atom. The van der Waals surface area contributed by atoms with Gasteiger partial charge in [-0.1, -0.05) is 18.2 Å². The SMILES string of the molecule is O=C(NC(Cc1cccc(O)c1)C(=O)N1CCC2OCC(=O)C21)c1ccc2ncccc2c1. The van der Waals surface area contributed by atoms with Gasteiger partial charge in [0.15, 0.2) is 5.78 Å². The molecule has 2 aliphatic heterocycles. The van der Waals surface area contributed by atoms with Gasteiger partial charge in [0.25, 0.3) is 5.91 Å². The van der Waals surface area contributed by atoms with E-state index in [0.29, 0.717) is 24.1 Å². The molecule has 8 heteroatoms. The third-order valence-electron chi connectivity index (χ3n) is 6.21. The molecule has 3 aromatic rings. The molecule has 5 rings (SSSR count). The number of aromatic hydroxyl groups is 1. The van der Waals surface area contributed by atoms with E-state index in [4.69, 9.17) is 4.74 Å². The number of carbonyl (C=O) groups excluding carboxylic acids is 3. The molecule has 0 bridgehead atoms. The zero-order valence-corrected chi connectivity index (χ0v) is 17.8. The maximum atomic E-state index is 13.5. The van der Waals surface area contributed by atoms with Crippen molar-refractivity contribution >= 4 is 28.5 Å². The van der Waals surface area contributed by atoms with Crippen molar-refractivity contribution < 1.29 is 24.2 Å². The van der Waals surface area contributed by atoms with E-state index in [0.717, 1.165) is 10.9 Å². The molecule has 3 unspecified atom stereocenters. The Morgan fingerprint density at radius 1 is 1.18 bits per heavy atom. The van der Waals surface area contributed by atoms with Crippen LogP contribution >= 0.6 is 0 Å². The lowest BCUT2D eigenvalue weighted by molar-refractivity contribution is -0.138. The van der Waals surface area contributed by atoms with Crippen molar-refractivity contribution in [3.8, 4) is 5.75 Å². The average molecular weight is 445 g/mol. The fourth-order valence-corrected chi connectivity index (χ4v) is 4.62. The first-order chi connectivity index (χ1) is 16.0. The van der Waals surface area contributed by atoms with Crippen LogP contribution in [0.3, 0.4) is 0 Å². The molecule has 1 aromatic heterocycles. The lowest BCUT2D eigenvalue weighted by Gasteiger charge is -2.27. The molecule has 8 nitrogen and oxygen atoms in total. The van der Waals surface area contributed by atoms with E-state index in [9.17, 15) is 19.5 Å². The molecule has 0 spiro atoms. The number of nitrogens with zero attached hydrogens (tertiary/aromatic N) is 2. The molecule has 2 aromatic carbocycles. The van der Waals surface area contributed by atoms with E-state index in [1.807, 2.05) is 6.07 Å². The van der Waals surface area contributed by atoms with Crippen LogP contribution in [0.4, 0.5) is 0 Å². The van der Waals surface area contributed by atoms with Crippen LogP contribution in [0.5, 0.6) is 5.75 Å². The minimum absolute atomic E-state index is 0.00776. The van der Waals surface area contributed by atoms with Crippen LogP contribution in [0.25, 0.3) is 10.9 Å². The Labute approximate surface area is 190 Å². The van der Waals surface area contributed by atoms with Crippen molar-refractivity contribution in [2.45, 2.75) is 31.0 Å². The van der Waals surface area contributed by atoms with Gasteiger partial charge in [-0.15, -0.1) is 0 Å². The number of Topliss-reactive ketones (excluding diaryl/α,β-unsaturated/α-hetero) is 1. The van der Waals surface area contributed by atoms with Gasteiger partial charge in [-0.25, -0.2) is 0 Å². The minimum Gasteiger partial charge on any atom is -0.508 e. The van der Waals surface area contributed by atoms with Crippen molar-refractivity contribution in [3.05, 3.63) is 71.9 Å². The molecule has 0 saturated carbocycles. The molecule has 3 atom stereocenters. The van der Waals surface area contributed by atoms with Gasteiger partial charge in [0.1, 0.15) is 24.4 Å². The summed E-state index contributed by atoms with van der Waals surface area (Å²) in [6.07, 6.45) is 2.17. The van der Waals surface area contributed by atoms with Crippen LogP contribution in [-0.4, -0.2) is 63.9 Å². The molecule has 2 aliphatic rings. The van der Waals surface area contributed by atoms with Crippen LogP contribution in [0.2, 0.25) is 0 Å². The summed E-state index contributed by atoms with van der Waals surface area (Å²) in [5.41, 5.74) is 1.87. The minimum atomic E-state index is -0.906. The predicted molar refractivity (Wildman–Crippen MR) is 120 cm³/mol. The van der Waals surface area contributed by atoms with E-state index in [1.165, 1.54) is 4.90 Å².